The highest BCUT2D eigenvalue weighted by Gasteiger charge is 2.48. The third-order valence-corrected chi connectivity index (χ3v) is 4.51. The van der Waals surface area contributed by atoms with Crippen LogP contribution in [0, 0.1) is 0 Å². The van der Waals surface area contributed by atoms with Crippen LogP contribution in [0.25, 0.3) is 0 Å². The predicted octanol–water partition coefficient (Wildman–Crippen LogP) is 0.935. The monoisotopic (exact) mass is 351 g/mol. The highest BCUT2D eigenvalue weighted by Crippen LogP contribution is 2.35. The Morgan fingerprint density at radius 3 is 2.52 bits per heavy atom. The van der Waals surface area contributed by atoms with Gasteiger partial charge in [0.1, 0.15) is 5.54 Å². The molecule has 0 spiro atoms. The molecule has 2 rings (SSSR count). The van der Waals surface area contributed by atoms with Gasteiger partial charge in [-0.1, -0.05) is 44.0 Å². The number of carbonyl (C=O) groups is 1. The maximum Gasteiger partial charge on any atom is 0.224 e. The minimum atomic E-state index is -1.30. The van der Waals surface area contributed by atoms with Crippen LogP contribution >= 0.6 is 0 Å². The second-order valence-electron chi connectivity index (χ2n) is 6.51. The lowest BCUT2D eigenvalue weighted by atomic mass is 10.0. The van der Waals surface area contributed by atoms with Crippen LogP contribution in [-0.2, 0) is 21.2 Å². The molecule has 0 saturated carbocycles. The van der Waals surface area contributed by atoms with Crippen LogP contribution in [0.2, 0.25) is 0 Å². The summed E-state index contributed by atoms with van der Waals surface area (Å²) in [6.07, 6.45) is 2.63. The average Bonchev–Trinajstić information content (AvgIpc) is 2.96. The fraction of sp³-hybridized carbons (Fsp3) is 0.611. The molecule has 1 fully saturated rings. The van der Waals surface area contributed by atoms with Crippen LogP contribution in [0.1, 0.15) is 43.5 Å². The topological polar surface area (TPSA) is 102 Å². The van der Waals surface area contributed by atoms with E-state index in [1.54, 1.807) is 24.3 Å². The molecule has 1 radical (unpaired) electrons. The van der Waals surface area contributed by atoms with Gasteiger partial charge in [-0.25, -0.2) is 0 Å². The Morgan fingerprint density at radius 1 is 1.28 bits per heavy atom. The first-order valence-corrected chi connectivity index (χ1v) is 8.71. The molecule has 7 heteroatoms. The van der Waals surface area contributed by atoms with E-state index in [-0.39, 0.29) is 18.9 Å². The smallest absolute Gasteiger partial charge is 0.224 e. The minimum Gasteiger partial charge on any atom is -0.394 e. The van der Waals surface area contributed by atoms with E-state index in [9.17, 15) is 20.2 Å². The van der Waals surface area contributed by atoms with Crippen LogP contribution in [0.4, 0.5) is 0 Å². The van der Waals surface area contributed by atoms with Gasteiger partial charge < -0.3 is 20.3 Å². The van der Waals surface area contributed by atoms with Gasteiger partial charge in [-0.2, -0.15) is 0 Å². The summed E-state index contributed by atoms with van der Waals surface area (Å²) in [6.45, 7) is 1.83. The van der Waals surface area contributed by atoms with Crippen LogP contribution in [0.5, 0.6) is 0 Å². The summed E-state index contributed by atoms with van der Waals surface area (Å²) >= 11 is 0. The summed E-state index contributed by atoms with van der Waals surface area (Å²) in [6, 6.07) is 7.05. The molecule has 0 bridgehead atoms. The van der Waals surface area contributed by atoms with Gasteiger partial charge in [0.15, 0.2) is 6.23 Å². The van der Waals surface area contributed by atoms with E-state index in [1.807, 2.05) is 0 Å². The summed E-state index contributed by atoms with van der Waals surface area (Å²) in [7, 11) is 0. The van der Waals surface area contributed by atoms with Crippen molar-refractivity contribution < 1.29 is 25.0 Å². The zero-order valence-corrected chi connectivity index (χ0v) is 14.6. The third-order valence-electron chi connectivity index (χ3n) is 4.51. The lowest BCUT2D eigenvalue weighted by Gasteiger charge is -2.28. The number of hydrogen-bond donors (Lipinski definition) is 3. The van der Waals surface area contributed by atoms with E-state index in [0.717, 1.165) is 24.8 Å². The Morgan fingerprint density at radius 2 is 1.96 bits per heavy atom. The predicted molar refractivity (Wildman–Crippen MR) is 90.8 cm³/mol. The minimum absolute atomic E-state index is 0.0222. The number of benzene rings is 1. The molecule has 1 aromatic rings. The molecule has 139 valence electrons. The largest absolute Gasteiger partial charge is 0.394 e. The summed E-state index contributed by atoms with van der Waals surface area (Å²) in [4.78, 5) is 11.9. The normalized spacial score (nSPS) is 19.9. The summed E-state index contributed by atoms with van der Waals surface area (Å²) < 4.78 is 5.46. The van der Waals surface area contributed by atoms with Gasteiger partial charge in [-0.05, 0) is 17.5 Å². The van der Waals surface area contributed by atoms with E-state index in [1.165, 1.54) is 0 Å². The van der Waals surface area contributed by atoms with E-state index in [0.29, 0.717) is 17.2 Å². The van der Waals surface area contributed by atoms with E-state index < -0.39 is 25.0 Å². The molecule has 1 aromatic carbocycles. The zero-order valence-electron chi connectivity index (χ0n) is 14.6. The molecule has 1 unspecified atom stereocenters. The molecule has 1 amide bonds. The fourth-order valence-corrected chi connectivity index (χ4v) is 2.78. The molecule has 25 heavy (non-hydrogen) atoms. The lowest BCUT2D eigenvalue weighted by molar-refractivity contribution is -0.262. The molecular weight excluding hydrogens is 324 g/mol. The Kier molecular flexibility index (Phi) is 7.34. The van der Waals surface area contributed by atoms with Crippen molar-refractivity contribution in [3.8, 4) is 0 Å². The van der Waals surface area contributed by atoms with Crippen molar-refractivity contribution in [2.75, 3.05) is 26.4 Å². The van der Waals surface area contributed by atoms with Crippen LogP contribution in [0.15, 0.2) is 24.3 Å². The number of nitrogens with one attached hydrogen (secondary N) is 1. The summed E-state index contributed by atoms with van der Waals surface area (Å²) in [5.74, 6) is -0.0222. The van der Waals surface area contributed by atoms with Gasteiger partial charge in [0, 0.05) is 6.54 Å². The third kappa shape index (κ3) is 4.77. The van der Waals surface area contributed by atoms with Crippen LogP contribution in [0.3, 0.4) is 0 Å². The fourth-order valence-electron chi connectivity index (χ4n) is 2.78. The number of rotatable bonds is 9. The maximum absolute atomic E-state index is 12.3. The number of amides is 1. The summed E-state index contributed by atoms with van der Waals surface area (Å²) in [5.41, 5.74) is 0.176. The van der Waals surface area contributed by atoms with E-state index >= 15 is 0 Å². The standard InChI is InChI=1S/C18H27N2O5/c1-2-3-4-9-19-16(23)10-14-5-7-15(8-6-14)17-20(24)18(11-21,12-22)13-25-17/h5-8,17,21-22H,2-4,9-13H2,1H3,(H,19,23). The van der Waals surface area contributed by atoms with Crippen molar-refractivity contribution in [1.29, 1.82) is 0 Å². The Bertz CT molecular complexity index is 545. The van der Waals surface area contributed by atoms with Gasteiger partial charge in [0.05, 0.1) is 26.2 Å². The molecule has 1 aliphatic rings. The second-order valence-corrected chi connectivity index (χ2v) is 6.51. The first kappa shape index (κ1) is 19.8. The Labute approximate surface area is 148 Å². The van der Waals surface area contributed by atoms with Gasteiger partial charge in [0.25, 0.3) is 0 Å². The van der Waals surface area contributed by atoms with Crippen LogP contribution in [-0.4, -0.2) is 53.1 Å². The van der Waals surface area contributed by atoms with E-state index in [2.05, 4.69) is 12.2 Å². The molecular formula is C18H27N2O5. The number of nitrogens with zero attached hydrogens (tertiary/aromatic N) is 1. The Hall–Kier alpha value is -1.51. The highest BCUT2D eigenvalue weighted by atomic mass is 16.6. The van der Waals surface area contributed by atoms with E-state index in [4.69, 9.17) is 4.74 Å². The summed E-state index contributed by atoms with van der Waals surface area (Å²) in [5, 5.41) is 34.6. The van der Waals surface area contributed by atoms with Gasteiger partial charge in [0.2, 0.25) is 5.91 Å². The first-order chi connectivity index (χ1) is 12.1. The average molecular weight is 351 g/mol. The molecule has 7 nitrogen and oxygen atoms in total. The molecule has 0 aromatic heterocycles. The van der Waals surface area contributed by atoms with Crippen molar-refractivity contribution in [3.63, 3.8) is 0 Å². The quantitative estimate of drug-likeness (QED) is 0.575. The molecule has 1 heterocycles. The van der Waals surface area contributed by atoms with Gasteiger partial charge in [-0.15, -0.1) is 10.3 Å². The highest BCUT2D eigenvalue weighted by molar-refractivity contribution is 5.78. The first-order valence-electron chi connectivity index (χ1n) is 8.71. The molecule has 0 aliphatic carbocycles. The van der Waals surface area contributed by atoms with Crippen molar-refractivity contribution >= 4 is 5.91 Å². The Balaban J connectivity index is 1.91. The van der Waals surface area contributed by atoms with Gasteiger partial charge >= 0.3 is 0 Å². The lowest BCUT2D eigenvalue weighted by Crippen LogP contribution is -2.50. The number of hydroxylamine groups is 2. The second kappa shape index (κ2) is 9.26. The number of carbonyl (C=O) groups excluding carboxylic acids is 1. The molecule has 3 N–H and O–H groups in total. The maximum atomic E-state index is 12.3. The molecule has 1 atom stereocenters. The number of ether oxygens (including phenoxy) is 1. The molecule has 1 aliphatic heterocycles. The number of aliphatic hydroxyl groups excluding tert-OH is 2. The van der Waals surface area contributed by atoms with Crippen molar-refractivity contribution in [1.82, 2.24) is 10.4 Å². The number of aliphatic hydroxyl groups is 2. The zero-order chi connectivity index (χ0) is 18.3. The van der Waals surface area contributed by atoms with Crippen molar-refractivity contribution in [3.05, 3.63) is 35.4 Å². The van der Waals surface area contributed by atoms with Gasteiger partial charge in [-0.3, -0.25) is 4.79 Å². The molecule has 1 saturated heterocycles. The SMILES string of the molecule is CCCCCNC(=O)Cc1ccc(C2OCC(CO)(CO)N2[O])cc1. The van der Waals surface area contributed by atoms with Crippen molar-refractivity contribution in [2.24, 2.45) is 0 Å². The number of unbranched alkanes of at least 4 members (excludes halogenated alkanes) is 2. The van der Waals surface area contributed by atoms with Crippen LogP contribution < -0.4 is 5.32 Å². The number of hydrogen-bond acceptors (Lipinski definition) is 5. The van der Waals surface area contributed by atoms with Crippen molar-refractivity contribution in [2.45, 2.75) is 44.4 Å².